The minimum absolute atomic E-state index is 0.104. The minimum atomic E-state index is -0.378. The van der Waals surface area contributed by atoms with Gasteiger partial charge >= 0.3 is 5.97 Å². The number of methoxy groups -OCH3 is 1. The lowest BCUT2D eigenvalue weighted by Gasteiger charge is -2.18. The fraction of sp³-hybridized carbons (Fsp3) is 0.467. The summed E-state index contributed by atoms with van der Waals surface area (Å²) in [6, 6.07) is 5.76. The summed E-state index contributed by atoms with van der Waals surface area (Å²) in [4.78, 5) is 22.4. The Hall–Kier alpha value is -2.24. The summed E-state index contributed by atoms with van der Waals surface area (Å²) in [7, 11) is 1.31. The van der Waals surface area contributed by atoms with Crippen LogP contribution in [0.1, 0.15) is 18.4 Å². The lowest BCUT2D eigenvalue weighted by Crippen LogP contribution is -2.26. The molecule has 2 rings (SSSR count). The number of fused-ring (bicyclic) bond motifs is 1. The summed E-state index contributed by atoms with van der Waals surface area (Å²) < 4.78 is 15.4. The van der Waals surface area contributed by atoms with Crippen LogP contribution >= 0.6 is 0 Å². The molecule has 1 heterocycles. The van der Waals surface area contributed by atoms with Crippen LogP contribution in [0.25, 0.3) is 0 Å². The Kier molecular flexibility index (Phi) is 5.43. The molecule has 6 nitrogen and oxygen atoms in total. The zero-order valence-corrected chi connectivity index (χ0v) is 12.0. The van der Waals surface area contributed by atoms with E-state index in [2.05, 4.69) is 10.1 Å². The van der Waals surface area contributed by atoms with Crippen molar-refractivity contribution in [2.45, 2.75) is 19.3 Å². The molecule has 6 heteroatoms. The number of ether oxygens (including phenoxy) is 3. The second kappa shape index (κ2) is 7.52. The summed E-state index contributed by atoms with van der Waals surface area (Å²) in [5.41, 5.74) is 1.06. The number of esters is 1. The second-order valence-electron chi connectivity index (χ2n) is 4.65. The Bertz CT molecular complexity index is 515. The van der Waals surface area contributed by atoms with Gasteiger partial charge in [-0.2, -0.15) is 0 Å². The Morgan fingerprint density at radius 3 is 2.71 bits per heavy atom. The van der Waals surface area contributed by atoms with Crippen molar-refractivity contribution in [3.05, 3.63) is 23.8 Å². The Morgan fingerprint density at radius 2 is 1.95 bits per heavy atom. The highest BCUT2D eigenvalue weighted by molar-refractivity contribution is 5.81. The Labute approximate surface area is 123 Å². The molecule has 0 aliphatic carbocycles. The predicted molar refractivity (Wildman–Crippen MR) is 75.4 cm³/mol. The smallest absolute Gasteiger partial charge is 0.306 e. The number of benzene rings is 1. The van der Waals surface area contributed by atoms with Gasteiger partial charge in [0.25, 0.3) is 0 Å². The van der Waals surface area contributed by atoms with Gasteiger partial charge in [-0.25, -0.2) is 0 Å². The zero-order valence-electron chi connectivity index (χ0n) is 12.0. The first kappa shape index (κ1) is 15.2. The van der Waals surface area contributed by atoms with E-state index in [1.54, 1.807) is 0 Å². The van der Waals surface area contributed by atoms with Crippen LogP contribution in [-0.2, 0) is 20.7 Å². The molecule has 1 aromatic rings. The lowest BCUT2D eigenvalue weighted by atomic mass is 10.1. The maximum absolute atomic E-state index is 11.5. The summed E-state index contributed by atoms with van der Waals surface area (Å²) >= 11 is 0. The summed E-state index contributed by atoms with van der Waals surface area (Å²) in [5.74, 6) is 0.970. The number of carbonyl (C=O) groups is 2. The van der Waals surface area contributed by atoms with Crippen molar-refractivity contribution in [1.82, 2.24) is 5.32 Å². The molecule has 1 aliphatic heterocycles. The highest BCUT2D eigenvalue weighted by Crippen LogP contribution is 2.30. The number of nitrogens with one attached hydrogen (secondary N) is 1. The third-order valence-electron chi connectivity index (χ3n) is 3.13. The monoisotopic (exact) mass is 293 g/mol. The van der Waals surface area contributed by atoms with Gasteiger partial charge in [0.05, 0.1) is 13.5 Å². The Balaban J connectivity index is 1.73. The van der Waals surface area contributed by atoms with Crippen molar-refractivity contribution in [2.24, 2.45) is 0 Å². The fourth-order valence-electron chi connectivity index (χ4n) is 2.00. The molecule has 1 amide bonds. The molecule has 0 bridgehead atoms. The molecule has 1 N–H and O–H groups in total. The molecular weight excluding hydrogens is 274 g/mol. The number of rotatable bonds is 6. The summed E-state index contributed by atoms with van der Waals surface area (Å²) in [6.45, 7) is 1.64. The van der Waals surface area contributed by atoms with Gasteiger partial charge in [0, 0.05) is 13.0 Å². The summed E-state index contributed by atoms with van der Waals surface area (Å²) in [5, 5.41) is 2.77. The molecule has 0 atom stereocenters. The normalized spacial score (nSPS) is 12.6. The van der Waals surface area contributed by atoms with E-state index in [9.17, 15) is 9.59 Å². The highest BCUT2D eigenvalue weighted by atomic mass is 16.6. The first-order chi connectivity index (χ1) is 10.2. The maximum Gasteiger partial charge on any atom is 0.306 e. The molecule has 0 saturated heterocycles. The van der Waals surface area contributed by atoms with Crippen LogP contribution in [0.2, 0.25) is 0 Å². The van der Waals surface area contributed by atoms with Crippen LogP contribution in [-0.4, -0.2) is 38.7 Å². The number of amides is 1. The standard InChI is InChI=1S/C15H19NO5/c1-19-15(18)5-4-14(17)16-7-6-11-2-3-12-13(10-11)21-9-8-20-12/h2-3,10H,4-9H2,1H3,(H,16,17). The molecule has 0 spiro atoms. The van der Waals surface area contributed by atoms with E-state index < -0.39 is 0 Å². The molecule has 0 unspecified atom stereocenters. The first-order valence-corrected chi connectivity index (χ1v) is 6.91. The fourth-order valence-corrected chi connectivity index (χ4v) is 2.00. The number of hydrogen-bond donors (Lipinski definition) is 1. The topological polar surface area (TPSA) is 73.9 Å². The van der Waals surface area contributed by atoms with Gasteiger partial charge in [-0.3, -0.25) is 9.59 Å². The van der Waals surface area contributed by atoms with Gasteiger partial charge in [-0.1, -0.05) is 6.07 Å². The van der Waals surface area contributed by atoms with Crippen LogP contribution in [0.4, 0.5) is 0 Å². The van der Waals surface area contributed by atoms with Crippen molar-refractivity contribution in [3.63, 3.8) is 0 Å². The quantitative estimate of drug-likeness (QED) is 0.794. The van der Waals surface area contributed by atoms with E-state index in [4.69, 9.17) is 9.47 Å². The van der Waals surface area contributed by atoms with E-state index in [1.807, 2.05) is 18.2 Å². The first-order valence-electron chi connectivity index (χ1n) is 6.91. The van der Waals surface area contributed by atoms with Crippen LogP contribution in [0.3, 0.4) is 0 Å². The zero-order chi connectivity index (χ0) is 15.1. The van der Waals surface area contributed by atoms with Gasteiger partial charge in [0.1, 0.15) is 13.2 Å². The van der Waals surface area contributed by atoms with Gasteiger partial charge < -0.3 is 19.5 Å². The van der Waals surface area contributed by atoms with E-state index in [0.717, 1.165) is 17.1 Å². The third kappa shape index (κ3) is 4.66. The molecule has 0 saturated carbocycles. The van der Waals surface area contributed by atoms with E-state index >= 15 is 0 Å². The van der Waals surface area contributed by atoms with Gasteiger partial charge in [0.2, 0.25) is 5.91 Å². The molecule has 114 valence electrons. The Morgan fingerprint density at radius 1 is 1.19 bits per heavy atom. The average Bonchev–Trinajstić information content (AvgIpc) is 2.52. The van der Waals surface area contributed by atoms with Crippen LogP contribution in [0.15, 0.2) is 18.2 Å². The molecule has 1 aromatic carbocycles. The minimum Gasteiger partial charge on any atom is -0.486 e. The second-order valence-corrected chi connectivity index (χ2v) is 4.65. The molecule has 0 radical (unpaired) electrons. The molecule has 21 heavy (non-hydrogen) atoms. The maximum atomic E-state index is 11.5. The number of carbonyl (C=O) groups excluding carboxylic acids is 2. The van der Waals surface area contributed by atoms with Gasteiger partial charge in [-0.05, 0) is 24.1 Å². The van der Waals surface area contributed by atoms with Crippen LogP contribution in [0, 0.1) is 0 Å². The van der Waals surface area contributed by atoms with Crippen molar-refractivity contribution >= 4 is 11.9 Å². The van der Waals surface area contributed by atoms with Crippen molar-refractivity contribution in [2.75, 3.05) is 26.9 Å². The average molecular weight is 293 g/mol. The summed E-state index contributed by atoms with van der Waals surface area (Å²) in [6.07, 6.45) is 0.945. The van der Waals surface area contributed by atoms with Crippen molar-refractivity contribution in [1.29, 1.82) is 0 Å². The van der Waals surface area contributed by atoms with Crippen molar-refractivity contribution in [3.8, 4) is 11.5 Å². The van der Waals surface area contributed by atoms with Gasteiger partial charge in [0.15, 0.2) is 11.5 Å². The third-order valence-corrected chi connectivity index (χ3v) is 3.13. The van der Waals surface area contributed by atoms with Crippen LogP contribution in [0.5, 0.6) is 11.5 Å². The molecule has 0 aromatic heterocycles. The largest absolute Gasteiger partial charge is 0.486 e. The molecular formula is C15H19NO5. The molecule has 0 fully saturated rings. The van der Waals surface area contributed by atoms with Gasteiger partial charge in [-0.15, -0.1) is 0 Å². The lowest BCUT2D eigenvalue weighted by molar-refractivity contribution is -0.142. The van der Waals surface area contributed by atoms with Crippen LogP contribution < -0.4 is 14.8 Å². The SMILES string of the molecule is COC(=O)CCC(=O)NCCc1ccc2c(c1)OCCO2. The predicted octanol–water partition coefficient (Wildman–Crippen LogP) is 1.07. The van der Waals surface area contributed by atoms with Crippen molar-refractivity contribution < 1.29 is 23.8 Å². The van der Waals surface area contributed by atoms with E-state index in [0.29, 0.717) is 26.2 Å². The number of hydrogen-bond acceptors (Lipinski definition) is 5. The molecule has 1 aliphatic rings. The highest BCUT2D eigenvalue weighted by Gasteiger charge is 2.11. The van der Waals surface area contributed by atoms with E-state index in [-0.39, 0.29) is 24.7 Å². The van der Waals surface area contributed by atoms with E-state index in [1.165, 1.54) is 7.11 Å².